The summed E-state index contributed by atoms with van der Waals surface area (Å²) in [6.07, 6.45) is 1.81. The van der Waals surface area contributed by atoms with Crippen molar-refractivity contribution in [2.75, 3.05) is 13.7 Å². The summed E-state index contributed by atoms with van der Waals surface area (Å²) < 4.78 is 24.9. The molecule has 0 saturated carbocycles. The van der Waals surface area contributed by atoms with Crippen LogP contribution in [0.1, 0.15) is 18.1 Å². The monoisotopic (exact) mass is 403 g/mol. The number of hydrogen-bond donors (Lipinski definition) is 0. The van der Waals surface area contributed by atoms with Crippen molar-refractivity contribution in [2.24, 2.45) is 0 Å². The van der Waals surface area contributed by atoms with Gasteiger partial charge < -0.3 is 9.47 Å². The van der Waals surface area contributed by atoms with Crippen LogP contribution in [0.4, 0.5) is 4.39 Å². The molecule has 0 radical (unpaired) electrons. The molecule has 0 spiro atoms. The first kappa shape index (κ1) is 19.4. The fourth-order valence-electron chi connectivity index (χ4n) is 2.64. The molecule has 140 valence electrons. The second-order valence-corrected chi connectivity index (χ2v) is 7.42. The van der Waals surface area contributed by atoms with E-state index in [2.05, 4.69) is 0 Å². The largest absolute Gasteiger partial charge is 0.496 e. The molecular weight excluding hydrogens is 385 g/mol. The Bertz CT molecular complexity index is 914. The number of thiocarbonyl (C=S) groups is 1. The van der Waals surface area contributed by atoms with Crippen LogP contribution in [0.5, 0.6) is 11.5 Å². The molecule has 0 aromatic heterocycles. The first-order chi connectivity index (χ1) is 13.0. The molecular formula is C20H18FNO3S2. The summed E-state index contributed by atoms with van der Waals surface area (Å²) in [5.41, 5.74) is 1.63. The first-order valence-corrected chi connectivity index (χ1v) is 9.55. The summed E-state index contributed by atoms with van der Waals surface area (Å²) in [4.78, 5) is 14.5. The highest BCUT2D eigenvalue weighted by Gasteiger charge is 2.30. The van der Waals surface area contributed by atoms with Crippen LogP contribution in [-0.2, 0) is 11.4 Å². The number of carbonyl (C=O) groups is 1. The highest BCUT2D eigenvalue weighted by atomic mass is 32.2. The van der Waals surface area contributed by atoms with Crippen LogP contribution in [0.3, 0.4) is 0 Å². The highest BCUT2D eigenvalue weighted by Crippen LogP contribution is 2.33. The number of hydrogen-bond acceptors (Lipinski definition) is 5. The van der Waals surface area contributed by atoms with Crippen molar-refractivity contribution < 1.29 is 18.7 Å². The molecule has 3 rings (SSSR count). The van der Waals surface area contributed by atoms with E-state index in [1.54, 1.807) is 30.2 Å². The van der Waals surface area contributed by atoms with E-state index >= 15 is 0 Å². The Balaban J connectivity index is 1.82. The lowest BCUT2D eigenvalue weighted by Crippen LogP contribution is -2.27. The molecule has 0 atom stereocenters. The van der Waals surface area contributed by atoms with Crippen molar-refractivity contribution in [1.82, 2.24) is 4.90 Å². The number of rotatable bonds is 6. The van der Waals surface area contributed by atoms with Gasteiger partial charge in [0.05, 0.1) is 12.0 Å². The summed E-state index contributed by atoms with van der Waals surface area (Å²) in [6.45, 7) is 2.66. The first-order valence-electron chi connectivity index (χ1n) is 8.32. The fourth-order valence-corrected chi connectivity index (χ4v) is 4.03. The molecule has 2 aromatic rings. The quantitative estimate of drug-likeness (QED) is 0.519. The minimum Gasteiger partial charge on any atom is -0.496 e. The van der Waals surface area contributed by atoms with Crippen molar-refractivity contribution in [3.8, 4) is 11.5 Å². The second-order valence-electron chi connectivity index (χ2n) is 5.74. The number of amides is 1. The van der Waals surface area contributed by atoms with Crippen molar-refractivity contribution in [1.29, 1.82) is 0 Å². The minimum atomic E-state index is -0.355. The van der Waals surface area contributed by atoms with Crippen LogP contribution in [-0.4, -0.2) is 28.8 Å². The van der Waals surface area contributed by atoms with E-state index in [1.807, 2.05) is 25.1 Å². The number of ether oxygens (including phenoxy) is 2. The van der Waals surface area contributed by atoms with Gasteiger partial charge in [-0.15, -0.1) is 0 Å². The lowest BCUT2D eigenvalue weighted by molar-refractivity contribution is -0.121. The third kappa shape index (κ3) is 4.48. The maximum absolute atomic E-state index is 13.3. The molecule has 1 aliphatic rings. The average molecular weight is 404 g/mol. The van der Waals surface area contributed by atoms with Crippen LogP contribution in [0.15, 0.2) is 47.4 Å². The molecule has 1 fully saturated rings. The molecule has 7 heteroatoms. The maximum Gasteiger partial charge on any atom is 0.266 e. The Kier molecular flexibility index (Phi) is 6.13. The summed E-state index contributed by atoms with van der Waals surface area (Å²) in [5.74, 6) is 0.656. The number of benzene rings is 2. The van der Waals surface area contributed by atoms with E-state index in [0.29, 0.717) is 27.3 Å². The molecule has 1 aliphatic heterocycles. The molecule has 1 heterocycles. The molecule has 2 aromatic carbocycles. The van der Waals surface area contributed by atoms with Gasteiger partial charge in [0.1, 0.15) is 28.2 Å². The molecule has 4 nitrogen and oxygen atoms in total. The van der Waals surface area contributed by atoms with Gasteiger partial charge in [-0.2, -0.15) is 0 Å². The molecule has 0 bridgehead atoms. The minimum absolute atomic E-state index is 0.0825. The number of carbonyl (C=O) groups excluding carboxylic acids is 1. The maximum atomic E-state index is 13.3. The number of thioether (sulfide) groups is 1. The van der Waals surface area contributed by atoms with Crippen molar-refractivity contribution in [3.63, 3.8) is 0 Å². The van der Waals surface area contributed by atoms with E-state index in [9.17, 15) is 9.18 Å². The van der Waals surface area contributed by atoms with E-state index in [0.717, 1.165) is 11.1 Å². The predicted octanol–water partition coefficient (Wildman–Crippen LogP) is 4.63. The van der Waals surface area contributed by atoms with Crippen LogP contribution >= 0.6 is 24.0 Å². The molecule has 27 heavy (non-hydrogen) atoms. The van der Waals surface area contributed by atoms with Gasteiger partial charge in [-0.1, -0.05) is 36.1 Å². The highest BCUT2D eigenvalue weighted by molar-refractivity contribution is 8.26. The molecule has 1 amide bonds. The van der Waals surface area contributed by atoms with Crippen LogP contribution in [0.25, 0.3) is 6.08 Å². The van der Waals surface area contributed by atoms with Crippen LogP contribution < -0.4 is 9.47 Å². The normalized spacial score (nSPS) is 15.5. The Morgan fingerprint density at radius 1 is 1.26 bits per heavy atom. The van der Waals surface area contributed by atoms with E-state index in [4.69, 9.17) is 21.7 Å². The van der Waals surface area contributed by atoms with E-state index < -0.39 is 0 Å². The Hall–Kier alpha value is -2.38. The van der Waals surface area contributed by atoms with Gasteiger partial charge in [0.2, 0.25) is 0 Å². The third-order valence-electron chi connectivity index (χ3n) is 3.98. The fraction of sp³-hybridized carbons (Fsp3) is 0.200. The number of halogens is 1. The summed E-state index contributed by atoms with van der Waals surface area (Å²) in [7, 11) is 1.58. The van der Waals surface area contributed by atoms with E-state index in [1.165, 1.54) is 23.9 Å². The van der Waals surface area contributed by atoms with Gasteiger partial charge in [0.15, 0.2) is 0 Å². The predicted molar refractivity (Wildman–Crippen MR) is 109 cm³/mol. The lowest BCUT2D eigenvalue weighted by atomic mass is 10.1. The van der Waals surface area contributed by atoms with Gasteiger partial charge in [-0.25, -0.2) is 4.39 Å². The zero-order valence-electron chi connectivity index (χ0n) is 14.9. The van der Waals surface area contributed by atoms with Crippen LogP contribution in [0, 0.1) is 5.82 Å². The Morgan fingerprint density at radius 2 is 2.07 bits per heavy atom. The second kappa shape index (κ2) is 8.54. The summed E-state index contributed by atoms with van der Waals surface area (Å²) in [6, 6.07) is 11.5. The van der Waals surface area contributed by atoms with Crippen molar-refractivity contribution >= 4 is 40.3 Å². The SMILES string of the molecule is CCN1C(=O)/C(=C/c2ccc(OC)c(COc3cccc(F)c3)c2)SC1=S. The van der Waals surface area contributed by atoms with Crippen molar-refractivity contribution in [3.05, 3.63) is 64.3 Å². The number of nitrogens with zero attached hydrogens (tertiary/aromatic N) is 1. The average Bonchev–Trinajstić information content (AvgIpc) is 2.93. The van der Waals surface area contributed by atoms with Crippen molar-refractivity contribution in [2.45, 2.75) is 13.5 Å². The molecule has 0 unspecified atom stereocenters. The standard InChI is InChI=1S/C20H18FNO3S2/c1-3-22-19(23)18(27-20(22)26)10-13-7-8-17(24-2)14(9-13)12-25-16-6-4-5-15(21)11-16/h4-11H,3,12H2,1-2H3/b18-10-. The van der Waals surface area contributed by atoms with Gasteiger partial charge in [-0.05, 0) is 42.8 Å². The van der Waals surface area contributed by atoms with Gasteiger partial charge in [0, 0.05) is 18.2 Å². The summed E-state index contributed by atoms with van der Waals surface area (Å²) >= 11 is 6.53. The van der Waals surface area contributed by atoms with Gasteiger partial charge in [-0.3, -0.25) is 9.69 Å². The van der Waals surface area contributed by atoms with Gasteiger partial charge in [0.25, 0.3) is 5.91 Å². The van der Waals surface area contributed by atoms with Crippen LogP contribution in [0.2, 0.25) is 0 Å². The smallest absolute Gasteiger partial charge is 0.266 e. The van der Waals surface area contributed by atoms with E-state index in [-0.39, 0.29) is 18.3 Å². The van der Waals surface area contributed by atoms with Gasteiger partial charge >= 0.3 is 0 Å². The molecule has 0 aliphatic carbocycles. The zero-order chi connectivity index (χ0) is 19.4. The zero-order valence-corrected chi connectivity index (χ0v) is 16.5. The lowest BCUT2D eigenvalue weighted by Gasteiger charge is -2.12. The number of methoxy groups -OCH3 is 1. The summed E-state index contributed by atoms with van der Waals surface area (Å²) in [5, 5.41) is 0. The Labute approximate surface area is 167 Å². The Morgan fingerprint density at radius 3 is 2.74 bits per heavy atom. The number of likely N-dealkylation sites (N-methyl/N-ethyl adjacent to an activating group) is 1. The molecule has 0 N–H and O–H groups in total. The molecule has 1 saturated heterocycles. The topological polar surface area (TPSA) is 38.8 Å². The third-order valence-corrected chi connectivity index (χ3v) is 5.36.